The van der Waals surface area contributed by atoms with E-state index in [1.165, 1.54) is 12.1 Å². The minimum Gasteiger partial charge on any atom is -0.392 e. The predicted molar refractivity (Wildman–Crippen MR) is 74.2 cm³/mol. The Labute approximate surface area is 123 Å². The van der Waals surface area contributed by atoms with E-state index < -0.39 is 22.4 Å². The number of halogens is 2. The van der Waals surface area contributed by atoms with E-state index in [4.69, 9.17) is 0 Å². The zero-order valence-corrected chi connectivity index (χ0v) is 12.7. The molecule has 2 aromatic rings. The molecule has 1 aromatic carbocycles. The van der Waals surface area contributed by atoms with Crippen molar-refractivity contribution in [2.24, 2.45) is 0 Å². The molecule has 0 bridgehead atoms. The Morgan fingerprint density at radius 2 is 2.20 bits per heavy atom. The lowest BCUT2D eigenvalue weighted by Gasteiger charge is -2.08. The summed E-state index contributed by atoms with van der Waals surface area (Å²) in [6.07, 6.45) is 0. The normalized spacial score (nSPS) is 11.6. The van der Waals surface area contributed by atoms with E-state index in [1.807, 2.05) is 0 Å². The monoisotopic (exact) mass is 363 g/mol. The van der Waals surface area contributed by atoms with Gasteiger partial charge in [-0.25, -0.2) is 4.39 Å². The summed E-state index contributed by atoms with van der Waals surface area (Å²) in [5.74, 6) is -0.713. The lowest BCUT2D eigenvalue weighted by Crippen LogP contribution is -2.16. The standard InChI is InChI=1S/C11H11BrFN3O3S/c1-6-8(5-17)11(15-14-6)20(18,19)16-10-4-7(12)2-3-9(10)13/h2-4,16-17H,5H2,1H3,(H,14,15). The molecule has 3 N–H and O–H groups in total. The number of nitrogens with zero attached hydrogens (tertiary/aromatic N) is 1. The molecule has 0 amide bonds. The highest BCUT2D eigenvalue weighted by atomic mass is 79.9. The summed E-state index contributed by atoms with van der Waals surface area (Å²) < 4.78 is 40.6. The highest BCUT2D eigenvalue weighted by Gasteiger charge is 2.24. The number of benzene rings is 1. The number of aromatic nitrogens is 2. The number of aromatic amines is 1. The number of hydrogen-bond acceptors (Lipinski definition) is 4. The molecule has 0 saturated heterocycles. The van der Waals surface area contributed by atoms with Gasteiger partial charge >= 0.3 is 0 Å². The van der Waals surface area contributed by atoms with Crippen molar-refractivity contribution in [3.8, 4) is 0 Å². The molecule has 0 aliphatic rings. The van der Waals surface area contributed by atoms with E-state index in [9.17, 15) is 17.9 Å². The average molecular weight is 364 g/mol. The summed E-state index contributed by atoms with van der Waals surface area (Å²) in [5.41, 5.74) is 0.374. The molecule has 0 fully saturated rings. The second kappa shape index (κ2) is 5.51. The van der Waals surface area contributed by atoms with Crippen LogP contribution in [0.25, 0.3) is 0 Å². The van der Waals surface area contributed by atoms with Gasteiger partial charge in [-0.1, -0.05) is 15.9 Å². The zero-order valence-electron chi connectivity index (χ0n) is 10.3. The summed E-state index contributed by atoms with van der Waals surface area (Å²) in [6.45, 7) is 1.09. The maximum Gasteiger partial charge on any atom is 0.281 e. The summed E-state index contributed by atoms with van der Waals surface area (Å²) in [6, 6.07) is 3.88. The van der Waals surface area contributed by atoms with Crippen LogP contribution < -0.4 is 4.72 Å². The molecular formula is C11H11BrFN3O3S. The van der Waals surface area contributed by atoms with Gasteiger partial charge in [0, 0.05) is 15.7 Å². The molecule has 1 heterocycles. The van der Waals surface area contributed by atoms with E-state index in [1.54, 1.807) is 6.92 Å². The maximum absolute atomic E-state index is 13.6. The van der Waals surface area contributed by atoms with Crippen LogP contribution >= 0.6 is 15.9 Å². The number of rotatable bonds is 4. The number of aliphatic hydroxyl groups excluding tert-OH is 1. The van der Waals surface area contributed by atoms with Crippen molar-refractivity contribution < 1.29 is 17.9 Å². The Kier molecular flexibility index (Phi) is 4.11. The minimum absolute atomic E-state index is 0.146. The first-order valence-corrected chi connectivity index (χ1v) is 7.75. The van der Waals surface area contributed by atoms with Crippen LogP contribution in [-0.2, 0) is 16.6 Å². The third-order valence-corrected chi connectivity index (χ3v) is 4.45. The quantitative estimate of drug-likeness (QED) is 0.773. The molecule has 0 unspecified atom stereocenters. The van der Waals surface area contributed by atoms with Gasteiger partial charge in [-0.15, -0.1) is 0 Å². The number of anilines is 1. The van der Waals surface area contributed by atoms with Gasteiger partial charge in [-0.3, -0.25) is 9.82 Å². The molecular weight excluding hydrogens is 353 g/mol. The van der Waals surface area contributed by atoms with E-state index in [-0.39, 0.29) is 16.3 Å². The highest BCUT2D eigenvalue weighted by Crippen LogP contribution is 2.24. The van der Waals surface area contributed by atoms with E-state index in [0.29, 0.717) is 10.2 Å². The van der Waals surface area contributed by atoms with Crippen LogP contribution in [0, 0.1) is 12.7 Å². The predicted octanol–water partition coefficient (Wildman–Crippen LogP) is 1.91. The Balaban J connectivity index is 2.43. The molecule has 1 aromatic heterocycles. The van der Waals surface area contributed by atoms with Crippen molar-refractivity contribution in [1.29, 1.82) is 0 Å². The largest absolute Gasteiger partial charge is 0.392 e. The molecule has 6 nitrogen and oxygen atoms in total. The van der Waals surface area contributed by atoms with Gasteiger partial charge in [0.1, 0.15) is 5.82 Å². The number of H-pyrrole nitrogens is 1. The van der Waals surface area contributed by atoms with Gasteiger partial charge in [0.2, 0.25) is 5.03 Å². The molecule has 108 valence electrons. The summed E-state index contributed by atoms with van der Waals surface area (Å²) in [7, 11) is -4.09. The number of hydrogen-bond donors (Lipinski definition) is 3. The van der Waals surface area contributed by atoms with Crippen LogP contribution in [0.4, 0.5) is 10.1 Å². The van der Waals surface area contributed by atoms with Gasteiger partial charge in [0.15, 0.2) is 0 Å². The molecule has 0 aliphatic carbocycles. The van der Waals surface area contributed by atoms with Gasteiger partial charge in [0.05, 0.1) is 12.3 Å². The number of aliphatic hydroxyl groups is 1. The van der Waals surface area contributed by atoms with Crippen LogP contribution in [0.2, 0.25) is 0 Å². The first-order valence-electron chi connectivity index (χ1n) is 5.47. The second-order valence-electron chi connectivity index (χ2n) is 4.02. The third kappa shape index (κ3) is 2.84. The Morgan fingerprint density at radius 3 is 2.85 bits per heavy atom. The fourth-order valence-corrected chi connectivity index (χ4v) is 3.22. The first-order chi connectivity index (χ1) is 9.35. The van der Waals surface area contributed by atoms with Gasteiger partial charge in [-0.2, -0.15) is 13.5 Å². The third-order valence-electron chi connectivity index (χ3n) is 2.62. The topological polar surface area (TPSA) is 95.1 Å². The van der Waals surface area contributed by atoms with Gasteiger partial charge in [-0.05, 0) is 25.1 Å². The highest BCUT2D eigenvalue weighted by molar-refractivity contribution is 9.10. The molecule has 0 radical (unpaired) electrons. The fraction of sp³-hybridized carbons (Fsp3) is 0.182. The molecule has 20 heavy (non-hydrogen) atoms. The molecule has 0 atom stereocenters. The Morgan fingerprint density at radius 1 is 1.50 bits per heavy atom. The molecule has 0 saturated carbocycles. The van der Waals surface area contributed by atoms with Crippen molar-refractivity contribution in [2.75, 3.05) is 4.72 Å². The Hall–Kier alpha value is -1.45. The maximum atomic E-state index is 13.6. The fourth-order valence-electron chi connectivity index (χ4n) is 1.61. The molecule has 2 rings (SSSR count). The van der Waals surface area contributed by atoms with Crippen molar-refractivity contribution in [2.45, 2.75) is 18.6 Å². The van der Waals surface area contributed by atoms with Gasteiger partial charge < -0.3 is 5.11 Å². The van der Waals surface area contributed by atoms with E-state index in [2.05, 4.69) is 30.8 Å². The first kappa shape index (κ1) is 14.9. The van der Waals surface area contributed by atoms with Crippen LogP contribution in [-0.4, -0.2) is 23.7 Å². The van der Waals surface area contributed by atoms with Gasteiger partial charge in [0.25, 0.3) is 10.0 Å². The van der Waals surface area contributed by atoms with Crippen LogP contribution in [0.5, 0.6) is 0 Å². The number of nitrogens with one attached hydrogen (secondary N) is 2. The molecule has 0 spiro atoms. The summed E-state index contributed by atoms with van der Waals surface area (Å²) >= 11 is 3.13. The van der Waals surface area contributed by atoms with Crippen molar-refractivity contribution in [3.05, 3.63) is 39.7 Å². The van der Waals surface area contributed by atoms with Crippen molar-refractivity contribution in [3.63, 3.8) is 0 Å². The molecule has 9 heteroatoms. The van der Waals surface area contributed by atoms with Crippen LogP contribution in [0.1, 0.15) is 11.3 Å². The summed E-state index contributed by atoms with van der Waals surface area (Å²) in [4.78, 5) is 0. The zero-order chi connectivity index (χ0) is 14.9. The molecule has 0 aliphatic heterocycles. The average Bonchev–Trinajstić information content (AvgIpc) is 2.75. The minimum atomic E-state index is -4.09. The van der Waals surface area contributed by atoms with E-state index >= 15 is 0 Å². The lowest BCUT2D eigenvalue weighted by atomic mass is 10.3. The smallest absolute Gasteiger partial charge is 0.281 e. The van der Waals surface area contributed by atoms with Crippen molar-refractivity contribution >= 4 is 31.6 Å². The number of aryl methyl sites for hydroxylation is 1. The van der Waals surface area contributed by atoms with Crippen molar-refractivity contribution in [1.82, 2.24) is 10.2 Å². The van der Waals surface area contributed by atoms with Crippen LogP contribution in [0.15, 0.2) is 27.7 Å². The Bertz CT molecular complexity index is 745. The number of sulfonamides is 1. The van der Waals surface area contributed by atoms with E-state index in [0.717, 1.165) is 6.07 Å². The summed E-state index contributed by atoms with van der Waals surface area (Å²) in [5, 5.41) is 14.9. The van der Waals surface area contributed by atoms with Crippen LogP contribution in [0.3, 0.4) is 0 Å². The SMILES string of the molecule is Cc1[nH]nc(S(=O)(=O)Nc2cc(Br)ccc2F)c1CO. The second-order valence-corrected chi connectivity index (χ2v) is 6.53. The lowest BCUT2D eigenvalue weighted by molar-refractivity contribution is 0.277.